The molecule has 1 aromatic rings. The number of nitrogens with zero attached hydrogens (tertiary/aromatic N) is 1. The second-order valence-electron chi connectivity index (χ2n) is 5.08. The molecule has 0 aliphatic rings. The van der Waals surface area contributed by atoms with Gasteiger partial charge >= 0.3 is 0 Å². The molecule has 0 heterocycles. The van der Waals surface area contributed by atoms with Gasteiger partial charge in [0.15, 0.2) is 0 Å². The molecular formula is C15H25N3O. The number of hydrogen-bond acceptors (Lipinski definition) is 3. The molecule has 0 aliphatic carbocycles. The second-order valence-corrected chi connectivity index (χ2v) is 5.08. The molecule has 0 saturated carbocycles. The summed E-state index contributed by atoms with van der Waals surface area (Å²) in [7, 11) is 0. The molecule has 4 heteroatoms. The lowest BCUT2D eigenvalue weighted by Crippen LogP contribution is -2.38. The van der Waals surface area contributed by atoms with Crippen molar-refractivity contribution in [2.45, 2.75) is 27.3 Å². The van der Waals surface area contributed by atoms with Crippen molar-refractivity contribution in [2.24, 2.45) is 11.7 Å². The number of nitrogens with two attached hydrogens (primary N) is 1. The lowest BCUT2D eigenvalue weighted by atomic mass is 10.2. The van der Waals surface area contributed by atoms with E-state index < -0.39 is 0 Å². The number of carbonyl (C=O) groups excluding carboxylic acids is 1. The fourth-order valence-corrected chi connectivity index (χ4v) is 1.78. The van der Waals surface area contributed by atoms with E-state index in [4.69, 9.17) is 5.73 Å². The summed E-state index contributed by atoms with van der Waals surface area (Å²) in [6, 6.07) is 8.04. The van der Waals surface area contributed by atoms with E-state index in [0.717, 1.165) is 24.3 Å². The lowest BCUT2D eigenvalue weighted by Gasteiger charge is -2.23. The summed E-state index contributed by atoms with van der Waals surface area (Å²) in [6.07, 6.45) is 0. The van der Waals surface area contributed by atoms with Gasteiger partial charge < -0.3 is 16.0 Å². The third kappa shape index (κ3) is 5.30. The first kappa shape index (κ1) is 15.5. The van der Waals surface area contributed by atoms with Crippen molar-refractivity contribution < 1.29 is 4.79 Å². The molecule has 4 nitrogen and oxygen atoms in total. The molecule has 0 unspecified atom stereocenters. The van der Waals surface area contributed by atoms with E-state index in [1.54, 1.807) is 0 Å². The second kappa shape index (κ2) is 7.79. The highest BCUT2D eigenvalue weighted by Crippen LogP contribution is 2.14. The number of anilines is 1. The van der Waals surface area contributed by atoms with Crippen LogP contribution < -0.4 is 16.0 Å². The molecule has 0 aliphatic heterocycles. The molecule has 0 radical (unpaired) electrons. The van der Waals surface area contributed by atoms with Crippen molar-refractivity contribution in [3.05, 3.63) is 29.8 Å². The van der Waals surface area contributed by atoms with Gasteiger partial charge in [-0.1, -0.05) is 26.0 Å². The molecule has 1 aromatic carbocycles. The SMILES string of the molecule is CCN(CC(=O)NCC(C)C)c1ccc(CN)cc1. The van der Waals surface area contributed by atoms with Crippen molar-refractivity contribution in [2.75, 3.05) is 24.5 Å². The Morgan fingerprint density at radius 3 is 2.42 bits per heavy atom. The molecule has 0 atom stereocenters. The number of likely N-dealkylation sites (N-methyl/N-ethyl adjacent to an activating group) is 1. The Morgan fingerprint density at radius 1 is 1.32 bits per heavy atom. The van der Waals surface area contributed by atoms with Crippen LogP contribution in [-0.2, 0) is 11.3 Å². The highest BCUT2D eigenvalue weighted by molar-refractivity contribution is 5.81. The van der Waals surface area contributed by atoms with Gasteiger partial charge in [-0.05, 0) is 30.5 Å². The molecule has 0 bridgehead atoms. The van der Waals surface area contributed by atoms with Crippen LogP contribution >= 0.6 is 0 Å². The minimum atomic E-state index is 0.0680. The zero-order valence-electron chi connectivity index (χ0n) is 12.1. The van der Waals surface area contributed by atoms with Crippen LogP contribution in [0.1, 0.15) is 26.3 Å². The fourth-order valence-electron chi connectivity index (χ4n) is 1.78. The van der Waals surface area contributed by atoms with Crippen molar-refractivity contribution >= 4 is 11.6 Å². The Balaban J connectivity index is 2.59. The first-order valence-corrected chi connectivity index (χ1v) is 6.87. The van der Waals surface area contributed by atoms with Gasteiger partial charge in [0.2, 0.25) is 5.91 Å². The molecule has 3 N–H and O–H groups in total. The molecule has 0 spiro atoms. The summed E-state index contributed by atoms with van der Waals surface area (Å²) >= 11 is 0. The fraction of sp³-hybridized carbons (Fsp3) is 0.533. The summed E-state index contributed by atoms with van der Waals surface area (Å²) < 4.78 is 0. The van der Waals surface area contributed by atoms with E-state index in [0.29, 0.717) is 19.0 Å². The van der Waals surface area contributed by atoms with Gasteiger partial charge in [-0.15, -0.1) is 0 Å². The average Bonchev–Trinajstić information content (AvgIpc) is 2.42. The summed E-state index contributed by atoms with van der Waals surface area (Å²) in [4.78, 5) is 13.9. The van der Waals surface area contributed by atoms with Crippen molar-refractivity contribution in [3.8, 4) is 0 Å². The minimum absolute atomic E-state index is 0.0680. The van der Waals surface area contributed by atoms with E-state index >= 15 is 0 Å². The molecule has 19 heavy (non-hydrogen) atoms. The zero-order chi connectivity index (χ0) is 14.3. The van der Waals surface area contributed by atoms with Crippen LogP contribution in [0.15, 0.2) is 24.3 Å². The maximum absolute atomic E-state index is 11.8. The van der Waals surface area contributed by atoms with Crippen LogP contribution in [0.3, 0.4) is 0 Å². The molecule has 1 amide bonds. The quantitative estimate of drug-likeness (QED) is 0.788. The summed E-state index contributed by atoms with van der Waals surface area (Å²) in [6.45, 7) is 8.69. The normalized spacial score (nSPS) is 10.6. The van der Waals surface area contributed by atoms with E-state index in [1.807, 2.05) is 31.2 Å². The van der Waals surface area contributed by atoms with Gasteiger partial charge in [0, 0.05) is 25.3 Å². The third-order valence-electron chi connectivity index (χ3n) is 2.96. The number of carbonyl (C=O) groups is 1. The van der Waals surface area contributed by atoms with E-state index in [2.05, 4.69) is 24.1 Å². The average molecular weight is 263 g/mol. The number of amides is 1. The predicted octanol–water partition coefficient (Wildman–Crippen LogP) is 1.74. The first-order chi connectivity index (χ1) is 9.06. The first-order valence-electron chi connectivity index (χ1n) is 6.87. The number of rotatable bonds is 7. The third-order valence-corrected chi connectivity index (χ3v) is 2.96. The molecule has 0 saturated heterocycles. The molecule has 0 aromatic heterocycles. The molecule has 106 valence electrons. The van der Waals surface area contributed by atoms with Crippen LogP contribution in [0.4, 0.5) is 5.69 Å². The van der Waals surface area contributed by atoms with Crippen molar-refractivity contribution in [3.63, 3.8) is 0 Å². The topological polar surface area (TPSA) is 58.4 Å². The van der Waals surface area contributed by atoms with Crippen LogP contribution in [0.2, 0.25) is 0 Å². The Labute approximate surface area is 116 Å². The molecule has 1 rings (SSSR count). The van der Waals surface area contributed by atoms with Crippen molar-refractivity contribution in [1.29, 1.82) is 0 Å². The Kier molecular flexibility index (Phi) is 6.36. The Hall–Kier alpha value is -1.55. The standard InChI is InChI=1S/C15H25N3O/c1-4-18(11-15(19)17-10-12(2)3)14-7-5-13(9-16)6-8-14/h5-8,12H,4,9-11,16H2,1-3H3,(H,17,19). The summed E-state index contributed by atoms with van der Waals surface area (Å²) in [5.74, 6) is 0.543. The van der Waals surface area contributed by atoms with Crippen LogP contribution in [-0.4, -0.2) is 25.5 Å². The van der Waals surface area contributed by atoms with E-state index in [1.165, 1.54) is 0 Å². The number of nitrogens with one attached hydrogen (secondary N) is 1. The van der Waals surface area contributed by atoms with Crippen molar-refractivity contribution in [1.82, 2.24) is 5.32 Å². The highest BCUT2D eigenvalue weighted by Gasteiger charge is 2.10. The Bertz CT molecular complexity index is 387. The van der Waals surface area contributed by atoms with Gasteiger partial charge in [0.05, 0.1) is 6.54 Å². The van der Waals surface area contributed by atoms with E-state index in [-0.39, 0.29) is 5.91 Å². The molecule has 0 fully saturated rings. The van der Waals surface area contributed by atoms with Gasteiger partial charge in [-0.3, -0.25) is 4.79 Å². The maximum atomic E-state index is 11.8. The minimum Gasteiger partial charge on any atom is -0.363 e. The maximum Gasteiger partial charge on any atom is 0.239 e. The zero-order valence-corrected chi connectivity index (χ0v) is 12.1. The predicted molar refractivity (Wildman–Crippen MR) is 80.1 cm³/mol. The van der Waals surface area contributed by atoms with Crippen LogP contribution in [0.5, 0.6) is 0 Å². The number of hydrogen-bond donors (Lipinski definition) is 2. The monoisotopic (exact) mass is 263 g/mol. The number of benzene rings is 1. The Morgan fingerprint density at radius 2 is 1.95 bits per heavy atom. The highest BCUT2D eigenvalue weighted by atomic mass is 16.2. The lowest BCUT2D eigenvalue weighted by molar-refractivity contribution is -0.119. The summed E-state index contributed by atoms with van der Waals surface area (Å²) in [5.41, 5.74) is 7.74. The van der Waals surface area contributed by atoms with Gasteiger partial charge in [-0.25, -0.2) is 0 Å². The van der Waals surface area contributed by atoms with Gasteiger partial charge in [0.1, 0.15) is 0 Å². The van der Waals surface area contributed by atoms with Gasteiger partial charge in [-0.2, -0.15) is 0 Å². The largest absolute Gasteiger partial charge is 0.363 e. The van der Waals surface area contributed by atoms with Crippen LogP contribution in [0, 0.1) is 5.92 Å². The van der Waals surface area contributed by atoms with Gasteiger partial charge in [0.25, 0.3) is 0 Å². The van der Waals surface area contributed by atoms with E-state index in [9.17, 15) is 4.79 Å². The molecular weight excluding hydrogens is 238 g/mol. The smallest absolute Gasteiger partial charge is 0.239 e. The summed E-state index contributed by atoms with van der Waals surface area (Å²) in [5, 5.41) is 2.94. The van der Waals surface area contributed by atoms with Crippen LogP contribution in [0.25, 0.3) is 0 Å².